The van der Waals surface area contributed by atoms with E-state index in [1.807, 2.05) is 90.8 Å². The molecule has 1 unspecified atom stereocenters. The Balaban J connectivity index is 1.62. The number of allylic oxidation sites excluding steroid dienone is 2. The number of benzene rings is 4. The Bertz CT molecular complexity index is 1530. The van der Waals surface area contributed by atoms with Crippen molar-refractivity contribution in [1.82, 2.24) is 0 Å². The van der Waals surface area contributed by atoms with E-state index in [1.54, 1.807) is 0 Å². The van der Waals surface area contributed by atoms with Crippen LogP contribution in [0.3, 0.4) is 0 Å². The first kappa shape index (κ1) is 27.8. The Kier molecular flexibility index (Phi) is 7.71. The Hall–Kier alpha value is -4.77. The van der Waals surface area contributed by atoms with E-state index in [0.29, 0.717) is 5.56 Å². The molecule has 0 saturated carbocycles. The fraction of sp³-hybridized carbons (Fsp3) is 0.194. The number of esters is 1. The SMILES string of the molecule is CN(C)c1ccc(C(=C/C=C/C2(c3ccc(N(C)C)cc3)OC(=O)c3ccccc32)c2ccc(N(C)C)cc2)cc1. The van der Waals surface area contributed by atoms with Crippen LogP contribution in [0, 0.1) is 0 Å². The van der Waals surface area contributed by atoms with E-state index in [1.165, 1.54) is 0 Å². The van der Waals surface area contributed by atoms with E-state index < -0.39 is 5.60 Å². The van der Waals surface area contributed by atoms with Crippen LogP contribution in [-0.2, 0) is 10.3 Å². The summed E-state index contributed by atoms with van der Waals surface area (Å²) in [6.45, 7) is 0. The second kappa shape index (κ2) is 11.4. The summed E-state index contributed by atoms with van der Waals surface area (Å²) in [5.41, 5.74) is 7.96. The number of cyclic esters (lactones) is 1. The summed E-state index contributed by atoms with van der Waals surface area (Å²) in [6, 6.07) is 32.9. The molecule has 208 valence electrons. The van der Waals surface area contributed by atoms with E-state index in [9.17, 15) is 4.79 Å². The average Bonchev–Trinajstić information content (AvgIpc) is 3.28. The Morgan fingerprint density at radius 2 is 1.10 bits per heavy atom. The number of hydrogen-bond acceptors (Lipinski definition) is 5. The van der Waals surface area contributed by atoms with Gasteiger partial charge in [-0.15, -0.1) is 0 Å². The molecule has 0 radical (unpaired) electrons. The summed E-state index contributed by atoms with van der Waals surface area (Å²) in [5, 5.41) is 0. The van der Waals surface area contributed by atoms with Crippen molar-refractivity contribution in [3.8, 4) is 0 Å². The molecule has 0 amide bonds. The van der Waals surface area contributed by atoms with Crippen molar-refractivity contribution in [2.24, 2.45) is 0 Å². The lowest BCUT2D eigenvalue weighted by atomic mass is 9.84. The summed E-state index contributed by atoms with van der Waals surface area (Å²) < 4.78 is 6.20. The smallest absolute Gasteiger partial charge is 0.340 e. The first-order chi connectivity index (χ1) is 19.7. The maximum absolute atomic E-state index is 13.1. The number of hydrogen-bond donors (Lipinski definition) is 0. The van der Waals surface area contributed by atoms with Crippen molar-refractivity contribution < 1.29 is 9.53 Å². The number of carbonyl (C=O) groups excluding carboxylic acids is 1. The first-order valence-corrected chi connectivity index (χ1v) is 13.8. The van der Waals surface area contributed by atoms with Gasteiger partial charge in [-0.1, -0.05) is 66.7 Å². The first-order valence-electron chi connectivity index (χ1n) is 13.8. The third-order valence-electron chi connectivity index (χ3n) is 7.60. The minimum absolute atomic E-state index is 0.315. The normalized spacial score (nSPS) is 15.8. The molecule has 0 aromatic heterocycles. The number of anilines is 3. The largest absolute Gasteiger partial charge is 0.441 e. The van der Waals surface area contributed by atoms with Crippen molar-refractivity contribution in [3.05, 3.63) is 143 Å². The number of nitrogens with zero attached hydrogens (tertiary/aromatic N) is 3. The highest BCUT2D eigenvalue weighted by atomic mass is 16.6. The zero-order chi connectivity index (χ0) is 29.1. The molecule has 1 aliphatic rings. The molecule has 1 atom stereocenters. The van der Waals surface area contributed by atoms with Crippen LogP contribution < -0.4 is 14.7 Å². The lowest BCUT2D eigenvalue weighted by molar-refractivity contribution is 0.0275. The fourth-order valence-electron chi connectivity index (χ4n) is 5.20. The molecule has 0 saturated heterocycles. The number of carbonyl (C=O) groups is 1. The zero-order valence-corrected chi connectivity index (χ0v) is 24.6. The van der Waals surface area contributed by atoms with E-state index in [4.69, 9.17) is 4.74 Å². The van der Waals surface area contributed by atoms with Gasteiger partial charge in [0.05, 0.1) is 5.56 Å². The highest BCUT2D eigenvalue weighted by Gasteiger charge is 2.44. The quantitative estimate of drug-likeness (QED) is 0.177. The van der Waals surface area contributed by atoms with Crippen molar-refractivity contribution in [3.63, 3.8) is 0 Å². The van der Waals surface area contributed by atoms with Gasteiger partial charge >= 0.3 is 5.97 Å². The third kappa shape index (κ3) is 5.48. The lowest BCUT2D eigenvalue weighted by Gasteiger charge is -2.27. The van der Waals surface area contributed by atoms with Crippen molar-refractivity contribution in [2.75, 3.05) is 57.0 Å². The van der Waals surface area contributed by atoms with E-state index in [0.717, 1.165) is 44.9 Å². The van der Waals surface area contributed by atoms with Gasteiger partial charge in [-0.05, 0) is 65.2 Å². The van der Waals surface area contributed by atoms with E-state index in [2.05, 4.69) is 81.4 Å². The minimum atomic E-state index is -1.02. The topological polar surface area (TPSA) is 36.0 Å². The minimum Gasteiger partial charge on any atom is -0.441 e. The third-order valence-corrected chi connectivity index (χ3v) is 7.60. The second-order valence-corrected chi connectivity index (χ2v) is 10.9. The van der Waals surface area contributed by atoms with Gasteiger partial charge in [0.2, 0.25) is 0 Å². The number of rotatable bonds is 8. The van der Waals surface area contributed by atoms with Gasteiger partial charge in [0.25, 0.3) is 0 Å². The summed E-state index contributed by atoms with van der Waals surface area (Å²) in [4.78, 5) is 19.3. The summed E-state index contributed by atoms with van der Waals surface area (Å²) in [7, 11) is 12.2. The van der Waals surface area contributed by atoms with Gasteiger partial charge < -0.3 is 19.4 Å². The molecule has 0 spiro atoms. The second-order valence-electron chi connectivity index (χ2n) is 10.9. The van der Waals surface area contributed by atoms with Gasteiger partial charge in [-0.25, -0.2) is 4.79 Å². The van der Waals surface area contributed by atoms with Gasteiger partial charge in [0.1, 0.15) is 0 Å². The Labute approximate surface area is 243 Å². The molecule has 5 nitrogen and oxygen atoms in total. The monoisotopic (exact) mass is 543 g/mol. The van der Waals surface area contributed by atoms with Gasteiger partial charge in [0, 0.05) is 70.5 Å². The lowest BCUT2D eigenvalue weighted by Crippen LogP contribution is -2.25. The molecule has 5 rings (SSSR count). The van der Waals surface area contributed by atoms with Crippen LogP contribution in [0.15, 0.2) is 115 Å². The van der Waals surface area contributed by atoms with Crippen LogP contribution in [-0.4, -0.2) is 48.3 Å². The fourth-order valence-corrected chi connectivity index (χ4v) is 5.20. The van der Waals surface area contributed by atoms with Crippen LogP contribution >= 0.6 is 0 Å². The highest BCUT2D eigenvalue weighted by Crippen LogP contribution is 2.43. The molecule has 1 aliphatic heterocycles. The molecule has 0 bridgehead atoms. The molecule has 0 aliphatic carbocycles. The van der Waals surface area contributed by atoms with Crippen molar-refractivity contribution in [1.29, 1.82) is 0 Å². The molecule has 0 N–H and O–H groups in total. The van der Waals surface area contributed by atoms with E-state index >= 15 is 0 Å². The predicted molar refractivity (Wildman–Crippen MR) is 171 cm³/mol. The van der Waals surface area contributed by atoms with Crippen LogP contribution in [0.4, 0.5) is 17.1 Å². The maximum atomic E-state index is 13.1. The predicted octanol–water partition coefficient (Wildman–Crippen LogP) is 6.99. The number of ether oxygens (including phenoxy) is 1. The molecular weight excluding hydrogens is 506 g/mol. The zero-order valence-electron chi connectivity index (χ0n) is 24.6. The Morgan fingerprint density at radius 1 is 0.634 bits per heavy atom. The molecule has 4 aromatic rings. The van der Waals surface area contributed by atoms with Gasteiger partial charge in [-0.2, -0.15) is 0 Å². The Morgan fingerprint density at radius 3 is 1.59 bits per heavy atom. The maximum Gasteiger partial charge on any atom is 0.340 e. The molecule has 1 heterocycles. The molecular formula is C36H37N3O2. The summed E-state index contributed by atoms with van der Waals surface area (Å²) >= 11 is 0. The molecule has 0 fully saturated rings. The molecule has 4 aromatic carbocycles. The van der Waals surface area contributed by atoms with E-state index in [-0.39, 0.29) is 5.97 Å². The molecule has 41 heavy (non-hydrogen) atoms. The van der Waals surface area contributed by atoms with Crippen LogP contribution in [0.25, 0.3) is 5.57 Å². The van der Waals surface area contributed by atoms with Crippen molar-refractivity contribution in [2.45, 2.75) is 5.60 Å². The summed E-state index contributed by atoms with van der Waals surface area (Å²) in [6.07, 6.45) is 6.13. The highest BCUT2D eigenvalue weighted by molar-refractivity contribution is 5.96. The molecule has 5 heteroatoms. The number of fused-ring (bicyclic) bond motifs is 1. The average molecular weight is 544 g/mol. The van der Waals surface area contributed by atoms with Gasteiger partial charge in [0.15, 0.2) is 5.60 Å². The van der Waals surface area contributed by atoms with Crippen LogP contribution in [0.2, 0.25) is 0 Å². The standard InChI is InChI=1S/C36H37N3O2/c1-37(2)29-19-13-26(14-20-29)32(27-15-21-30(22-16-27)38(3)4)11-9-25-36(28-17-23-31(24-18-28)39(5)6)34-12-8-7-10-33(34)35(40)41-36/h7-25H,1-6H3/b25-9+. The van der Waals surface area contributed by atoms with Crippen molar-refractivity contribution >= 4 is 28.6 Å². The van der Waals surface area contributed by atoms with Crippen LogP contribution in [0.1, 0.15) is 32.6 Å². The van der Waals surface area contributed by atoms with Gasteiger partial charge in [-0.3, -0.25) is 0 Å². The van der Waals surface area contributed by atoms with Crippen LogP contribution in [0.5, 0.6) is 0 Å². The summed E-state index contributed by atoms with van der Waals surface area (Å²) in [5.74, 6) is -0.315.